The monoisotopic (exact) mass is 332 g/mol. The van der Waals surface area contributed by atoms with Crippen LogP contribution in [0.25, 0.3) is 6.08 Å². The molecule has 104 valence electrons. The standard InChI is InChI=1S/C15H9ClN2OS2/c16-11-2-1-3-12(9-11)18-14(19)13(21-15(18)20)8-10-4-6-17-7-5-10/h1-9H. The summed E-state index contributed by atoms with van der Waals surface area (Å²) < 4.78 is 0.502. The first-order valence-electron chi connectivity index (χ1n) is 6.09. The van der Waals surface area contributed by atoms with Crippen LogP contribution in [0.2, 0.25) is 5.02 Å². The van der Waals surface area contributed by atoms with Gasteiger partial charge < -0.3 is 0 Å². The Bertz CT molecular complexity index is 746. The molecule has 0 saturated carbocycles. The summed E-state index contributed by atoms with van der Waals surface area (Å²) >= 11 is 12.6. The molecule has 6 heteroatoms. The third-order valence-electron chi connectivity index (χ3n) is 2.86. The molecule has 0 bridgehead atoms. The Balaban J connectivity index is 1.94. The molecule has 0 atom stereocenters. The van der Waals surface area contributed by atoms with E-state index in [0.717, 1.165) is 5.56 Å². The van der Waals surface area contributed by atoms with Crippen molar-refractivity contribution in [3.05, 3.63) is 64.3 Å². The zero-order valence-corrected chi connectivity index (χ0v) is 13.1. The molecule has 3 nitrogen and oxygen atoms in total. The van der Waals surface area contributed by atoms with Crippen molar-refractivity contribution in [2.75, 3.05) is 4.90 Å². The zero-order valence-electron chi connectivity index (χ0n) is 10.7. The van der Waals surface area contributed by atoms with E-state index in [1.165, 1.54) is 16.7 Å². The first-order chi connectivity index (χ1) is 10.1. The van der Waals surface area contributed by atoms with Gasteiger partial charge in [-0.15, -0.1) is 0 Å². The fraction of sp³-hybridized carbons (Fsp3) is 0. The van der Waals surface area contributed by atoms with Gasteiger partial charge in [0.1, 0.15) is 0 Å². The molecule has 0 radical (unpaired) electrons. The van der Waals surface area contributed by atoms with E-state index in [0.29, 0.717) is 19.9 Å². The Hall–Kier alpha value is -1.69. The highest BCUT2D eigenvalue weighted by atomic mass is 35.5. The lowest BCUT2D eigenvalue weighted by Crippen LogP contribution is -2.27. The van der Waals surface area contributed by atoms with Crippen molar-refractivity contribution in [1.82, 2.24) is 4.98 Å². The van der Waals surface area contributed by atoms with Crippen LogP contribution >= 0.6 is 35.6 Å². The van der Waals surface area contributed by atoms with Crippen molar-refractivity contribution in [1.29, 1.82) is 0 Å². The van der Waals surface area contributed by atoms with Crippen molar-refractivity contribution in [2.45, 2.75) is 0 Å². The van der Waals surface area contributed by atoms with Gasteiger partial charge in [0.2, 0.25) is 0 Å². The first kappa shape index (κ1) is 14.3. The predicted molar refractivity (Wildman–Crippen MR) is 91.3 cm³/mol. The Kier molecular flexibility index (Phi) is 4.05. The summed E-state index contributed by atoms with van der Waals surface area (Å²) in [5.74, 6) is -0.135. The lowest BCUT2D eigenvalue weighted by molar-refractivity contribution is -0.113. The van der Waals surface area contributed by atoms with Crippen LogP contribution in [0, 0.1) is 0 Å². The number of halogens is 1. The number of hydrogen-bond donors (Lipinski definition) is 0. The van der Waals surface area contributed by atoms with Gasteiger partial charge in [-0.1, -0.05) is 41.6 Å². The van der Waals surface area contributed by atoms with E-state index < -0.39 is 0 Å². The minimum atomic E-state index is -0.135. The fourth-order valence-electron chi connectivity index (χ4n) is 1.92. The summed E-state index contributed by atoms with van der Waals surface area (Å²) in [7, 11) is 0. The largest absolute Gasteiger partial charge is 0.270 e. The van der Waals surface area contributed by atoms with E-state index >= 15 is 0 Å². The molecule has 1 fully saturated rings. The van der Waals surface area contributed by atoms with Crippen molar-refractivity contribution in [3.63, 3.8) is 0 Å². The lowest BCUT2D eigenvalue weighted by Gasteiger charge is -2.14. The summed E-state index contributed by atoms with van der Waals surface area (Å²) in [6.45, 7) is 0. The molecule has 0 unspecified atom stereocenters. The molecule has 0 aliphatic carbocycles. The van der Waals surface area contributed by atoms with Crippen molar-refractivity contribution in [2.24, 2.45) is 0 Å². The normalized spacial score (nSPS) is 16.8. The van der Waals surface area contributed by atoms with Gasteiger partial charge in [0.25, 0.3) is 5.91 Å². The predicted octanol–water partition coefficient (Wildman–Crippen LogP) is 4.14. The molecule has 1 aliphatic rings. The number of aromatic nitrogens is 1. The Morgan fingerprint density at radius 2 is 2.00 bits per heavy atom. The van der Waals surface area contributed by atoms with Crippen LogP contribution in [0.5, 0.6) is 0 Å². The highest BCUT2D eigenvalue weighted by Crippen LogP contribution is 2.36. The highest BCUT2D eigenvalue weighted by Gasteiger charge is 2.33. The topological polar surface area (TPSA) is 33.2 Å². The van der Waals surface area contributed by atoms with E-state index in [1.54, 1.807) is 30.6 Å². The second-order valence-corrected chi connectivity index (χ2v) is 6.39. The number of anilines is 1. The maximum atomic E-state index is 12.5. The molecule has 1 amide bonds. The quantitative estimate of drug-likeness (QED) is 0.611. The number of benzene rings is 1. The number of amides is 1. The van der Waals surface area contributed by atoms with Gasteiger partial charge in [0.15, 0.2) is 4.32 Å². The third kappa shape index (κ3) is 3.00. The Labute approximate surface area is 136 Å². The molecule has 3 rings (SSSR count). The Morgan fingerprint density at radius 3 is 2.71 bits per heavy atom. The number of thioether (sulfide) groups is 1. The number of carbonyl (C=O) groups excluding carboxylic acids is 1. The zero-order chi connectivity index (χ0) is 14.8. The minimum Gasteiger partial charge on any atom is -0.268 e. The summed E-state index contributed by atoms with van der Waals surface area (Å²) in [6, 6.07) is 10.8. The van der Waals surface area contributed by atoms with Gasteiger partial charge >= 0.3 is 0 Å². The molecule has 1 aliphatic heterocycles. The van der Waals surface area contributed by atoms with Crippen LogP contribution in [0.15, 0.2) is 53.7 Å². The van der Waals surface area contributed by atoms with Gasteiger partial charge in [-0.2, -0.15) is 0 Å². The number of thiocarbonyl (C=S) groups is 1. The van der Waals surface area contributed by atoms with Crippen molar-refractivity contribution >= 4 is 57.6 Å². The molecular weight excluding hydrogens is 324 g/mol. The summed E-state index contributed by atoms with van der Waals surface area (Å²) in [6.07, 6.45) is 5.18. The molecule has 2 heterocycles. The third-order valence-corrected chi connectivity index (χ3v) is 4.40. The van der Waals surface area contributed by atoms with Crippen LogP contribution in [0.1, 0.15) is 5.56 Å². The van der Waals surface area contributed by atoms with Crippen LogP contribution < -0.4 is 4.90 Å². The van der Waals surface area contributed by atoms with Crippen LogP contribution in [0.4, 0.5) is 5.69 Å². The van der Waals surface area contributed by atoms with Gasteiger partial charge in [-0.25, -0.2) is 0 Å². The van der Waals surface area contributed by atoms with E-state index in [2.05, 4.69) is 4.98 Å². The van der Waals surface area contributed by atoms with E-state index in [-0.39, 0.29) is 5.91 Å². The maximum Gasteiger partial charge on any atom is 0.270 e. The second kappa shape index (κ2) is 5.97. The molecular formula is C15H9ClN2OS2. The molecule has 0 N–H and O–H groups in total. The van der Waals surface area contributed by atoms with Gasteiger partial charge in [0.05, 0.1) is 10.6 Å². The lowest BCUT2D eigenvalue weighted by atomic mass is 10.2. The number of rotatable bonds is 2. The number of carbonyl (C=O) groups is 1. The molecule has 0 spiro atoms. The SMILES string of the molecule is O=C1C(=Cc2ccncc2)SC(=S)N1c1cccc(Cl)c1. The number of pyridine rings is 1. The van der Waals surface area contributed by atoms with Crippen LogP contribution in [-0.4, -0.2) is 15.2 Å². The van der Waals surface area contributed by atoms with E-state index in [4.69, 9.17) is 23.8 Å². The first-order valence-corrected chi connectivity index (χ1v) is 7.69. The highest BCUT2D eigenvalue weighted by molar-refractivity contribution is 8.27. The summed E-state index contributed by atoms with van der Waals surface area (Å²) in [4.78, 5) is 18.6. The van der Waals surface area contributed by atoms with Gasteiger partial charge in [-0.05, 0) is 42.0 Å². The van der Waals surface area contributed by atoms with Gasteiger partial charge in [-0.3, -0.25) is 14.7 Å². The maximum absolute atomic E-state index is 12.5. The Morgan fingerprint density at radius 1 is 1.24 bits per heavy atom. The van der Waals surface area contributed by atoms with Gasteiger partial charge in [0, 0.05) is 17.4 Å². The second-order valence-electron chi connectivity index (χ2n) is 4.28. The van der Waals surface area contributed by atoms with E-state index in [9.17, 15) is 4.79 Å². The fourth-order valence-corrected chi connectivity index (χ4v) is 3.40. The summed E-state index contributed by atoms with van der Waals surface area (Å²) in [5, 5.41) is 0.569. The molecule has 1 aromatic carbocycles. The summed E-state index contributed by atoms with van der Waals surface area (Å²) in [5.41, 5.74) is 1.60. The number of hydrogen-bond acceptors (Lipinski definition) is 4. The average molecular weight is 333 g/mol. The minimum absolute atomic E-state index is 0.135. The molecule has 21 heavy (non-hydrogen) atoms. The molecule has 1 aromatic heterocycles. The molecule has 1 saturated heterocycles. The average Bonchev–Trinajstić information content (AvgIpc) is 2.74. The van der Waals surface area contributed by atoms with E-state index in [1.807, 2.05) is 24.3 Å². The smallest absolute Gasteiger partial charge is 0.268 e. The van der Waals surface area contributed by atoms with Crippen LogP contribution in [-0.2, 0) is 4.79 Å². The van der Waals surface area contributed by atoms with Crippen LogP contribution in [0.3, 0.4) is 0 Å². The van der Waals surface area contributed by atoms with Crippen molar-refractivity contribution < 1.29 is 4.79 Å². The number of nitrogens with zero attached hydrogens (tertiary/aromatic N) is 2. The molecule has 2 aromatic rings. The van der Waals surface area contributed by atoms with Crippen molar-refractivity contribution in [3.8, 4) is 0 Å².